The second-order valence-electron chi connectivity index (χ2n) is 4.54. The lowest BCUT2D eigenvalue weighted by Crippen LogP contribution is -2.37. The summed E-state index contributed by atoms with van der Waals surface area (Å²) in [7, 11) is -1.09. The summed E-state index contributed by atoms with van der Waals surface area (Å²) in [5.74, 6) is 1.27. The van der Waals surface area contributed by atoms with E-state index in [9.17, 15) is 8.42 Å². The van der Waals surface area contributed by atoms with Gasteiger partial charge in [0, 0.05) is 26.1 Å². The summed E-state index contributed by atoms with van der Waals surface area (Å²) < 4.78 is 26.4. The zero-order chi connectivity index (χ0) is 13.3. The van der Waals surface area contributed by atoms with Gasteiger partial charge in [-0.05, 0) is 19.1 Å². The van der Waals surface area contributed by atoms with Crippen LogP contribution in [0.3, 0.4) is 0 Å². The first-order chi connectivity index (χ1) is 8.43. The minimum atomic E-state index is -3.05. The molecule has 102 valence electrons. The standard InChI is InChI=1S/C10H18N4O2S2/c1-13-9(11-12-10(13)17-2)8-4-6-14(7-5-8)18(3,15)16/h8H,4-7H2,1-3H3. The van der Waals surface area contributed by atoms with Crippen LogP contribution in [0.2, 0.25) is 0 Å². The summed E-state index contributed by atoms with van der Waals surface area (Å²) in [6, 6.07) is 0. The highest BCUT2D eigenvalue weighted by molar-refractivity contribution is 7.98. The Kier molecular flexibility index (Phi) is 3.98. The van der Waals surface area contributed by atoms with Gasteiger partial charge in [-0.1, -0.05) is 11.8 Å². The van der Waals surface area contributed by atoms with Gasteiger partial charge in [-0.3, -0.25) is 0 Å². The fourth-order valence-electron chi connectivity index (χ4n) is 2.31. The smallest absolute Gasteiger partial charge is 0.211 e. The molecule has 1 fully saturated rings. The molecule has 0 bridgehead atoms. The molecule has 0 N–H and O–H groups in total. The average molecular weight is 290 g/mol. The van der Waals surface area contributed by atoms with Gasteiger partial charge in [0.1, 0.15) is 5.82 Å². The average Bonchev–Trinajstić information content (AvgIpc) is 2.69. The molecule has 2 heterocycles. The molecule has 0 aromatic carbocycles. The SMILES string of the molecule is CSc1nnc(C2CCN(S(C)(=O)=O)CC2)n1C. The van der Waals surface area contributed by atoms with Crippen molar-refractivity contribution in [3.05, 3.63) is 5.82 Å². The Morgan fingerprint density at radius 2 is 1.89 bits per heavy atom. The molecule has 0 atom stereocenters. The van der Waals surface area contributed by atoms with Gasteiger partial charge in [0.05, 0.1) is 6.26 Å². The molecule has 0 radical (unpaired) electrons. The van der Waals surface area contributed by atoms with Gasteiger partial charge < -0.3 is 4.57 Å². The molecule has 18 heavy (non-hydrogen) atoms. The third-order valence-corrected chi connectivity index (χ3v) is 5.36. The van der Waals surface area contributed by atoms with E-state index in [-0.39, 0.29) is 0 Å². The predicted octanol–water partition coefficient (Wildman–Crippen LogP) is 0.676. The Balaban J connectivity index is 2.08. The minimum absolute atomic E-state index is 0.307. The zero-order valence-corrected chi connectivity index (χ0v) is 12.5. The monoisotopic (exact) mass is 290 g/mol. The van der Waals surface area contributed by atoms with E-state index in [1.807, 2.05) is 17.9 Å². The lowest BCUT2D eigenvalue weighted by Gasteiger charge is -2.29. The Bertz CT molecular complexity index is 518. The van der Waals surface area contributed by atoms with E-state index in [0.29, 0.717) is 19.0 Å². The van der Waals surface area contributed by atoms with Crippen molar-refractivity contribution in [1.29, 1.82) is 0 Å². The van der Waals surface area contributed by atoms with Crippen molar-refractivity contribution in [2.24, 2.45) is 7.05 Å². The molecule has 0 spiro atoms. The molecule has 0 amide bonds. The number of nitrogens with zero attached hydrogens (tertiary/aromatic N) is 4. The van der Waals surface area contributed by atoms with E-state index >= 15 is 0 Å². The second-order valence-corrected chi connectivity index (χ2v) is 7.30. The van der Waals surface area contributed by atoms with E-state index in [0.717, 1.165) is 23.8 Å². The maximum atomic E-state index is 11.4. The fourth-order valence-corrected chi connectivity index (χ4v) is 3.67. The molecule has 8 heteroatoms. The maximum absolute atomic E-state index is 11.4. The van der Waals surface area contributed by atoms with E-state index in [1.54, 1.807) is 11.8 Å². The first-order valence-corrected chi connectivity index (χ1v) is 8.89. The number of hydrogen-bond donors (Lipinski definition) is 0. The zero-order valence-electron chi connectivity index (χ0n) is 10.8. The Hall–Kier alpha value is -0.600. The molecule has 1 aromatic heterocycles. The molecule has 1 aliphatic heterocycles. The van der Waals surface area contributed by atoms with Crippen molar-refractivity contribution in [3.8, 4) is 0 Å². The van der Waals surface area contributed by atoms with E-state index in [1.165, 1.54) is 10.6 Å². The highest BCUT2D eigenvalue weighted by atomic mass is 32.2. The maximum Gasteiger partial charge on any atom is 0.211 e. The minimum Gasteiger partial charge on any atom is -0.309 e. The summed E-state index contributed by atoms with van der Waals surface area (Å²) in [4.78, 5) is 0. The Morgan fingerprint density at radius 1 is 1.28 bits per heavy atom. The molecule has 0 unspecified atom stereocenters. The molecule has 1 saturated heterocycles. The molecular formula is C10H18N4O2S2. The van der Waals surface area contributed by atoms with Crippen LogP contribution in [-0.4, -0.2) is 53.1 Å². The van der Waals surface area contributed by atoms with Crippen molar-refractivity contribution >= 4 is 21.8 Å². The first-order valence-electron chi connectivity index (χ1n) is 5.82. The largest absolute Gasteiger partial charge is 0.309 e. The normalized spacial score (nSPS) is 19.3. The van der Waals surface area contributed by atoms with Crippen molar-refractivity contribution in [3.63, 3.8) is 0 Å². The fraction of sp³-hybridized carbons (Fsp3) is 0.800. The predicted molar refractivity (Wildman–Crippen MR) is 71.2 cm³/mol. The first kappa shape index (κ1) is 13.8. The number of rotatable bonds is 3. The van der Waals surface area contributed by atoms with Crippen LogP contribution in [0.5, 0.6) is 0 Å². The van der Waals surface area contributed by atoms with Crippen LogP contribution in [0.15, 0.2) is 5.16 Å². The van der Waals surface area contributed by atoms with Crippen molar-refractivity contribution < 1.29 is 8.42 Å². The van der Waals surface area contributed by atoms with Gasteiger partial charge in [-0.2, -0.15) is 0 Å². The van der Waals surface area contributed by atoms with Gasteiger partial charge in [0.25, 0.3) is 0 Å². The molecular weight excluding hydrogens is 272 g/mol. The lowest BCUT2D eigenvalue weighted by atomic mass is 9.97. The molecule has 0 saturated carbocycles. The summed E-state index contributed by atoms with van der Waals surface area (Å²) in [6.07, 6.45) is 4.86. The molecule has 0 aliphatic carbocycles. The van der Waals surface area contributed by atoms with Crippen LogP contribution in [0, 0.1) is 0 Å². The molecule has 1 aliphatic rings. The van der Waals surface area contributed by atoms with Gasteiger partial charge in [0.2, 0.25) is 10.0 Å². The van der Waals surface area contributed by atoms with Crippen molar-refractivity contribution in [2.45, 2.75) is 23.9 Å². The van der Waals surface area contributed by atoms with Crippen molar-refractivity contribution in [1.82, 2.24) is 19.1 Å². The number of piperidine rings is 1. The van der Waals surface area contributed by atoms with Crippen LogP contribution in [0.1, 0.15) is 24.6 Å². The lowest BCUT2D eigenvalue weighted by molar-refractivity contribution is 0.312. The third-order valence-electron chi connectivity index (χ3n) is 3.34. The summed E-state index contributed by atoms with van der Waals surface area (Å²) in [6.45, 7) is 1.15. The summed E-state index contributed by atoms with van der Waals surface area (Å²) in [5.41, 5.74) is 0. The van der Waals surface area contributed by atoms with Crippen LogP contribution in [-0.2, 0) is 17.1 Å². The Morgan fingerprint density at radius 3 is 2.33 bits per heavy atom. The molecule has 1 aromatic rings. The highest BCUT2D eigenvalue weighted by Crippen LogP contribution is 2.28. The summed E-state index contributed by atoms with van der Waals surface area (Å²) in [5, 5.41) is 9.24. The van der Waals surface area contributed by atoms with Gasteiger partial charge >= 0.3 is 0 Å². The molecule has 6 nitrogen and oxygen atoms in total. The molecule has 2 rings (SSSR count). The topological polar surface area (TPSA) is 68.1 Å². The second kappa shape index (κ2) is 5.18. The number of hydrogen-bond acceptors (Lipinski definition) is 5. The van der Waals surface area contributed by atoms with Crippen LogP contribution < -0.4 is 0 Å². The van der Waals surface area contributed by atoms with Crippen LogP contribution in [0.4, 0.5) is 0 Å². The van der Waals surface area contributed by atoms with Gasteiger partial charge in [0.15, 0.2) is 5.16 Å². The van der Waals surface area contributed by atoms with E-state index in [2.05, 4.69) is 10.2 Å². The van der Waals surface area contributed by atoms with E-state index in [4.69, 9.17) is 0 Å². The quantitative estimate of drug-likeness (QED) is 0.766. The van der Waals surface area contributed by atoms with Gasteiger partial charge in [-0.25, -0.2) is 12.7 Å². The number of thioether (sulfide) groups is 1. The highest BCUT2D eigenvalue weighted by Gasteiger charge is 2.28. The third kappa shape index (κ3) is 2.70. The van der Waals surface area contributed by atoms with E-state index < -0.39 is 10.0 Å². The van der Waals surface area contributed by atoms with Crippen molar-refractivity contribution in [2.75, 3.05) is 25.6 Å². The Labute approximate surface area is 112 Å². The summed E-state index contributed by atoms with van der Waals surface area (Å²) >= 11 is 1.57. The number of sulfonamides is 1. The number of aromatic nitrogens is 3. The van der Waals surface area contributed by atoms with Gasteiger partial charge in [-0.15, -0.1) is 10.2 Å². The van der Waals surface area contributed by atoms with Crippen LogP contribution in [0.25, 0.3) is 0 Å². The van der Waals surface area contributed by atoms with Crippen LogP contribution >= 0.6 is 11.8 Å².